The molecule has 2 nitrogen and oxygen atoms in total. The largest absolute Gasteiger partial charge is 0.364 e. The lowest BCUT2D eigenvalue weighted by Gasteiger charge is -2.15. The van der Waals surface area contributed by atoms with Crippen molar-refractivity contribution < 1.29 is 4.79 Å². The Morgan fingerprint density at radius 1 is 1.23 bits per heavy atom. The Balaban J connectivity index is 2.17. The minimum Gasteiger partial charge on any atom is -0.364 e. The molecule has 1 fully saturated rings. The summed E-state index contributed by atoms with van der Waals surface area (Å²) in [6, 6.07) is 8.28. The van der Waals surface area contributed by atoms with Gasteiger partial charge in [0.2, 0.25) is 0 Å². The normalized spacial score (nSPS) is 16.7. The van der Waals surface area contributed by atoms with Crippen LogP contribution in [0.5, 0.6) is 0 Å². The van der Waals surface area contributed by atoms with E-state index < -0.39 is 0 Å². The standard InChI is InChI=1S/C10H10INO/c11-8-1-3-9(4-2-8)12-6-5-10(13)7-12/h1-4H,5-7H2. The van der Waals surface area contributed by atoms with E-state index in [2.05, 4.69) is 51.8 Å². The van der Waals surface area contributed by atoms with Gasteiger partial charge in [-0.2, -0.15) is 0 Å². The lowest BCUT2D eigenvalue weighted by atomic mass is 10.3. The molecule has 2 rings (SSSR count). The smallest absolute Gasteiger partial charge is 0.153 e. The van der Waals surface area contributed by atoms with Crippen LogP contribution in [-0.2, 0) is 4.79 Å². The molecule has 0 bridgehead atoms. The van der Waals surface area contributed by atoms with Crippen molar-refractivity contribution in [2.45, 2.75) is 6.42 Å². The van der Waals surface area contributed by atoms with Gasteiger partial charge in [0, 0.05) is 22.2 Å². The van der Waals surface area contributed by atoms with Gasteiger partial charge in [0.05, 0.1) is 6.54 Å². The molecule has 1 saturated heterocycles. The zero-order valence-corrected chi connectivity index (χ0v) is 9.32. The van der Waals surface area contributed by atoms with Crippen LogP contribution in [0.4, 0.5) is 5.69 Å². The van der Waals surface area contributed by atoms with Gasteiger partial charge in [-0.05, 0) is 46.9 Å². The van der Waals surface area contributed by atoms with Gasteiger partial charge < -0.3 is 4.90 Å². The third-order valence-electron chi connectivity index (χ3n) is 2.22. The number of carbonyl (C=O) groups is 1. The van der Waals surface area contributed by atoms with Gasteiger partial charge in [0.15, 0.2) is 5.78 Å². The second kappa shape index (κ2) is 3.65. The maximum Gasteiger partial charge on any atom is 0.153 e. The van der Waals surface area contributed by atoms with E-state index in [1.165, 1.54) is 3.57 Å². The van der Waals surface area contributed by atoms with E-state index in [9.17, 15) is 4.79 Å². The Labute approximate surface area is 91.1 Å². The van der Waals surface area contributed by atoms with Crippen molar-refractivity contribution in [1.82, 2.24) is 0 Å². The molecule has 0 amide bonds. The van der Waals surface area contributed by atoms with Crippen molar-refractivity contribution in [3.63, 3.8) is 0 Å². The van der Waals surface area contributed by atoms with Crippen molar-refractivity contribution >= 4 is 34.1 Å². The number of hydrogen-bond donors (Lipinski definition) is 0. The molecule has 1 aliphatic heterocycles. The van der Waals surface area contributed by atoms with E-state index in [1.54, 1.807) is 0 Å². The predicted molar refractivity (Wildman–Crippen MR) is 61.0 cm³/mol. The maximum absolute atomic E-state index is 11.1. The number of nitrogens with zero attached hydrogens (tertiary/aromatic N) is 1. The molecule has 0 aromatic heterocycles. The molecule has 0 N–H and O–H groups in total. The molecule has 0 saturated carbocycles. The minimum atomic E-state index is 0.346. The summed E-state index contributed by atoms with van der Waals surface area (Å²) in [4.78, 5) is 13.2. The van der Waals surface area contributed by atoms with Gasteiger partial charge in [-0.25, -0.2) is 0 Å². The van der Waals surface area contributed by atoms with Crippen molar-refractivity contribution in [1.29, 1.82) is 0 Å². The fourth-order valence-electron chi connectivity index (χ4n) is 1.50. The summed E-state index contributed by atoms with van der Waals surface area (Å²) < 4.78 is 1.23. The first-order chi connectivity index (χ1) is 6.25. The molecule has 0 atom stereocenters. The molecular formula is C10H10INO. The molecule has 1 aliphatic rings. The quantitative estimate of drug-likeness (QED) is 0.737. The summed E-state index contributed by atoms with van der Waals surface area (Å²) in [7, 11) is 0. The number of anilines is 1. The first-order valence-electron chi connectivity index (χ1n) is 4.28. The number of Topliss-reactive ketones (excluding diaryl/α,β-unsaturated/α-hetero) is 1. The van der Waals surface area contributed by atoms with Gasteiger partial charge in [-0.1, -0.05) is 0 Å². The minimum absolute atomic E-state index is 0.346. The highest BCUT2D eigenvalue weighted by Gasteiger charge is 2.18. The van der Waals surface area contributed by atoms with Crippen LogP contribution in [0.15, 0.2) is 24.3 Å². The first kappa shape index (κ1) is 8.99. The third-order valence-corrected chi connectivity index (χ3v) is 2.94. The van der Waals surface area contributed by atoms with Gasteiger partial charge in [-0.15, -0.1) is 0 Å². The number of halogens is 1. The van der Waals surface area contributed by atoms with E-state index >= 15 is 0 Å². The Morgan fingerprint density at radius 2 is 1.92 bits per heavy atom. The fourth-order valence-corrected chi connectivity index (χ4v) is 1.86. The molecule has 1 heterocycles. The number of hydrogen-bond acceptors (Lipinski definition) is 2. The maximum atomic E-state index is 11.1. The van der Waals surface area contributed by atoms with Gasteiger partial charge >= 0.3 is 0 Å². The number of rotatable bonds is 1. The van der Waals surface area contributed by atoms with E-state index in [-0.39, 0.29) is 0 Å². The van der Waals surface area contributed by atoms with Crippen LogP contribution in [0.2, 0.25) is 0 Å². The van der Waals surface area contributed by atoms with Crippen LogP contribution in [0.25, 0.3) is 0 Å². The zero-order valence-electron chi connectivity index (χ0n) is 7.16. The first-order valence-corrected chi connectivity index (χ1v) is 5.36. The van der Waals surface area contributed by atoms with Crippen molar-refractivity contribution in [2.75, 3.05) is 18.0 Å². The van der Waals surface area contributed by atoms with Crippen LogP contribution in [-0.4, -0.2) is 18.9 Å². The highest BCUT2D eigenvalue weighted by atomic mass is 127. The summed E-state index contributed by atoms with van der Waals surface area (Å²) in [5.74, 6) is 0.346. The second-order valence-corrected chi connectivity index (χ2v) is 4.43. The topological polar surface area (TPSA) is 20.3 Å². The van der Waals surface area contributed by atoms with Crippen molar-refractivity contribution in [3.8, 4) is 0 Å². The molecule has 1 aromatic rings. The third kappa shape index (κ3) is 2.02. The summed E-state index contributed by atoms with van der Waals surface area (Å²) in [6.45, 7) is 1.46. The monoisotopic (exact) mass is 287 g/mol. The molecule has 3 heteroatoms. The Kier molecular flexibility index (Phi) is 2.53. The van der Waals surface area contributed by atoms with Crippen LogP contribution < -0.4 is 4.90 Å². The molecule has 13 heavy (non-hydrogen) atoms. The van der Waals surface area contributed by atoms with Crippen molar-refractivity contribution in [2.24, 2.45) is 0 Å². The number of carbonyl (C=O) groups excluding carboxylic acids is 1. The average Bonchev–Trinajstić information content (AvgIpc) is 2.53. The highest BCUT2D eigenvalue weighted by molar-refractivity contribution is 14.1. The molecule has 0 unspecified atom stereocenters. The van der Waals surface area contributed by atoms with E-state index in [0.29, 0.717) is 18.7 Å². The van der Waals surface area contributed by atoms with Crippen LogP contribution in [0.1, 0.15) is 6.42 Å². The molecule has 1 aromatic carbocycles. The molecule has 0 aliphatic carbocycles. The summed E-state index contributed by atoms with van der Waals surface area (Å²) >= 11 is 2.28. The summed E-state index contributed by atoms with van der Waals surface area (Å²) in [6.07, 6.45) is 0.700. The Morgan fingerprint density at radius 3 is 2.46 bits per heavy atom. The Hall–Kier alpha value is -0.580. The zero-order chi connectivity index (χ0) is 9.26. The lowest BCUT2D eigenvalue weighted by molar-refractivity contribution is -0.116. The lowest BCUT2D eigenvalue weighted by Crippen LogP contribution is -2.19. The summed E-state index contributed by atoms with van der Waals surface area (Å²) in [5.41, 5.74) is 1.16. The molecule has 0 spiro atoms. The SMILES string of the molecule is O=C1CCN(c2ccc(I)cc2)C1. The van der Waals surface area contributed by atoms with Gasteiger partial charge in [0.1, 0.15) is 0 Å². The van der Waals surface area contributed by atoms with E-state index in [4.69, 9.17) is 0 Å². The van der Waals surface area contributed by atoms with Crippen LogP contribution in [0, 0.1) is 3.57 Å². The number of ketones is 1. The number of benzene rings is 1. The highest BCUT2D eigenvalue weighted by Crippen LogP contribution is 2.19. The second-order valence-electron chi connectivity index (χ2n) is 3.19. The molecular weight excluding hydrogens is 277 g/mol. The van der Waals surface area contributed by atoms with Crippen LogP contribution in [0.3, 0.4) is 0 Å². The van der Waals surface area contributed by atoms with Gasteiger partial charge in [-0.3, -0.25) is 4.79 Å². The predicted octanol–water partition coefficient (Wildman–Crippen LogP) is 2.07. The fraction of sp³-hybridized carbons (Fsp3) is 0.300. The summed E-state index contributed by atoms with van der Waals surface area (Å²) in [5, 5.41) is 0. The van der Waals surface area contributed by atoms with Gasteiger partial charge in [0.25, 0.3) is 0 Å². The van der Waals surface area contributed by atoms with Crippen LogP contribution >= 0.6 is 22.6 Å². The van der Waals surface area contributed by atoms with E-state index in [1.807, 2.05) is 0 Å². The average molecular weight is 287 g/mol. The molecule has 0 radical (unpaired) electrons. The molecule has 68 valence electrons. The van der Waals surface area contributed by atoms with Crippen molar-refractivity contribution in [3.05, 3.63) is 27.8 Å². The Bertz CT molecular complexity index is 320. The van der Waals surface area contributed by atoms with E-state index in [0.717, 1.165) is 12.2 Å².